The maximum Gasteiger partial charge on any atom is 0.253 e. The Morgan fingerprint density at radius 1 is 0.967 bits per heavy atom. The topological polar surface area (TPSA) is 68.3 Å². The van der Waals surface area contributed by atoms with Crippen molar-refractivity contribution in [3.05, 3.63) is 29.8 Å². The molecule has 7 nitrogen and oxygen atoms in total. The Hall–Kier alpha value is -2.12. The van der Waals surface area contributed by atoms with Crippen molar-refractivity contribution in [2.24, 2.45) is 5.92 Å². The van der Waals surface area contributed by atoms with Gasteiger partial charge in [-0.1, -0.05) is 0 Å². The summed E-state index contributed by atoms with van der Waals surface area (Å²) in [5, 5.41) is 0. The summed E-state index contributed by atoms with van der Waals surface area (Å²) >= 11 is 0. The Morgan fingerprint density at radius 3 is 2.37 bits per heavy atom. The normalized spacial score (nSPS) is 20.3. The van der Waals surface area contributed by atoms with E-state index in [9.17, 15) is 9.59 Å². The Balaban J connectivity index is 1.47. The summed E-state index contributed by atoms with van der Waals surface area (Å²) in [6, 6.07) is 7.45. The third-order valence-electron chi connectivity index (χ3n) is 5.93. The molecule has 1 aromatic carbocycles. The molecular weight excluding hydrogens is 384 g/mol. The quantitative estimate of drug-likeness (QED) is 0.649. The van der Waals surface area contributed by atoms with E-state index in [0.29, 0.717) is 44.2 Å². The van der Waals surface area contributed by atoms with E-state index in [1.54, 1.807) is 14.2 Å². The van der Waals surface area contributed by atoms with Gasteiger partial charge in [0.2, 0.25) is 5.91 Å². The number of piperidine rings is 2. The lowest BCUT2D eigenvalue weighted by atomic mass is 9.98. The summed E-state index contributed by atoms with van der Waals surface area (Å²) in [5.41, 5.74) is 0.693. The summed E-state index contributed by atoms with van der Waals surface area (Å²) in [4.78, 5) is 28.7. The van der Waals surface area contributed by atoms with Crippen LogP contribution in [-0.4, -0.2) is 81.3 Å². The molecule has 0 unspecified atom stereocenters. The third kappa shape index (κ3) is 6.19. The van der Waals surface area contributed by atoms with Gasteiger partial charge in [0.15, 0.2) is 0 Å². The third-order valence-corrected chi connectivity index (χ3v) is 5.93. The van der Waals surface area contributed by atoms with Gasteiger partial charge in [-0.25, -0.2) is 0 Å². The van der Waals surface area contributed by atoms with Gasteiger partial charge in [-0.05, 0) is 43.0 Å². The molecule has 2 fully saturated rings. The van der Waals surface area contributed by atoms with Crippen molar-refractivity contribution in [2.75, 3.05) is 53.6 Å². The maximum absolute atomic E-state index is 12.8. The number of nitrogens with zero attached hydrogens (tertiary/aromatic N) is 2. The van der Waals surface area contributed by atoms with Crippen LogP contribution >= 0.6 is 0 Å². The highest BCUT2D eigenvalue weighted by Crippen LogP contribution is 2.22. The number of carbonyl (C=O) groups excluding carboxylic acids is 2. The van der Waals surface area contributed by atoms with Crippen LogP contribution in [-0.2, 0) is 14.3 Å². The zero-order valence-electron chi connectivity index (χ0n) is 18.2. The summed E-state index contributed by atoms with van der Waals surface area (Å²) in [6.07, 6.45) is 4.28. The van der Waals surface area contributed by atoms with Crippen LogP contribution in [0.5, 0.6) is 5.75 Å². The standard InChI is InChI=1S/C23H34N2O5/c1-28-15-11-22(26)24-13-9-21(10-14-24)30-20-7-5-19(6-8-20)23(27)25-12-3-4-18(16-25)17-29-2/h5-8,18,21H,3-4,9-17H2,1-2H3/t18-/m0/s1. The van der Waals surface area contributed by atoms with Gasteiger partial charge in [0.1, 0.15) is 11.9 Å². The maximum atomic E-state index is 12.8. The molecule has 1 atom stereocenters. The van der Waals surface area contributed by atoms with Crippen molar-refractivity contribution in [3.8, 4) is 5.75 Å². The number of rotatable bonds is 8. The van der Waals surface area contributed by atoms with Crippen molar-refractivity contribution in [2.45, 2.75) is 38.2 Å². The highest BCUT2D eigenvalue weighted by Gasteiger charge is 2.25. The summed E-state index contributed by atoms with van der Waals surface area (Å²) in [7, 11) is 3.32. The lowest BCUT2D eigenvalue weighted by Crippen LogP contribution is -2.42. The van der Waals surface area contributed by atoms with Gasteiger partial charge in [-0.2, -0.15) is 0 Å². The zero-order valence-corrected chi connectivity index (χ0v) is 18.2. The Labute approximate surface area is 179 Å². The zero-order chi connectivity index (χ0) is 21.3. The van der Waals surface area contributed by atoms with Gasteiger partial charge in [0.05, 0.1) is 19.6 Å². The SMILES string of the molecule is COCCC(=O)N1CCC(Oc2ccc(C(=O)N3CCC[C@H](COC)C3)cc2)CC1. The van der Waals surface area contributed by atoms with Crippen LogP contribution in [0.15, 0.2) is 24.3 Å². The first-order chi connectivity index (χ1) is 14.6. The van der Waals surface area contributed by atoms with Crippen molar-refractivity contribution < 1.29 is 23.8 Å². The number of ether oxygens (including phenoxy) is 3. The molecule has 0 radical (unpaired) electrons. The molecule has 0 aliphatic carbocycles. The molecule has 7 heteroatoms. The van der Waals surface area contributed by atoms with E-state index in [-0.39, 0.29) is 17.9 Å². The molecule has 30 heavy (non-hydrogen) atoms. The van der Waals surface area contributed by atoms with Crippen LogP contribution in [0.1, 0.15) is 42.5 Å². The predicted molar refractivity (Wildman–Crippen MR) is 114 cm³/mol. The molecular formula is C23H34N2O5. The summed E-state index contributed by atoms with van der Waals surface area (Å²) in [6.45, 7) is 4.15. The van der Waals surface area contributed by atoms with E-state index in [2.05, 4.69) is 0 Å². The molecule has 166 valence electrons. The summed E-state index contributed by atoms with van der Waals surface area (Å²) in [5.74, 6) is 1.41. The van der Waals surface area contributed by atoms with Crippen molar-refractivity contribution in [1.82, 2.24) is 9.80 Å². The molecule has 3 rings (SSSR count). The fourth-order valence-corrected chi connectivity index (χ4v) is 4.24. The monoisotopic (exact) mass is 418 g/mol. The average Bonchev–Trinajstić information content (AvgIpc) is 2.78. The van der Waals surface area contributed by atoms with E-state index in [1.807, 2.05) is 34.1 Å². The van der Waals surface area contributed by atoms with Crippen LogP contribution in [0.4, 0.5) is 0 Å². The first-order valence-corrected chi connectivity index (χ1v) is 10.9. The molecule has 2 aliphatic rings. The van der Waals surface area contributed by atoms with E-state index >= 15 is 0 Å². The number of amides is 2. The van der Waals surface area contributed by atoms with Crippen LogP contribution < -0.4 is 4.74 Å². The highest BCUT2D eigenvalue weighted by atomic mass is 16.5. The lowest BCUT2D eigenvalue weighted by molar-refractivity contribution is -0.133. The van der Waals surface area contributed by atoms with Crippen LogP contribution in [0.3, 0.4) is 0 Å². The van der Waals surface area contributed by atoms with E-state index < -0.39 is 0 Å². The number of hydrogen-bond acceptors (Lipinski definition) is 5. The molecule has 0 aromatic heterocycles. The lowest BCUT2D eigenvalue weighted by Gasteiger charge is -2.33. The number of methoxy groups -OCH3 is 2. The van der Waals surface area contributed by atoms with Crippen molar-refractivity contribution in [1.29, 1.82) is 0 Å². The second kappa shape index (κ2) is 11.3. The molecule has 2 saturated heterocycles. The largest absolute Gasteiger partial charge is 0.490 e. The van der Waals surface area contributed by atoms with Crippen LogP contribution in [0.25, 0.3) is 0 Å². The van der Waals surface area contributed by atoms with E-state index in [4.69, 9.17) is 14.2 Å². The predicted octanol–water partition coefficient (Wildman–Crippen LogP) is 2.59. The van der Waals surface area contributed by atoms with Gasteiger partial charge in [0.25, 0.3) is 5.91 Å². The molecule has 0 bridgehead atoms. The van der Waals surface area contributed by atoms with Gasteiger partial charge >= 0.3 is 0 Å². The minimum atomic E-state index is 0.0743. The first kappa shape index (κ1) is 22.6. The van der Waals surface area contributed by atoms with Crippen molar-refractivity contribution in [3.63, 3.8) is 0 Å². The number of likely N-dealkylation sites (tertiary alicyclic amines) is 2. The smallest absolute Gasteiger partial charge is 0.253 e. The number of hydrogen-bond donors (Lipinski definition) is 0. The highest BCUT2D eigenvalue weighted by molar-refractivity contribution is 5.94. The fraction of sp³-hybridized carbons (Fsp3) is 0.652. The summed E-state index contributed by atoms with van der Waals surface area (Å²) < 4.78 is 16.3. The fourth-order valence-electron chi connectivity index (χ4n) is 4.24. The van der Waals surface area contributed by atoms with Crippen molar-refractivity contribution >= 4 is 11.8 Å². The molecule has 2 amide bonds. The molecule has 0 spiro atoms. The van der Waals surface area contributed by atoms with Gasteiger partial charge in [-0.3, -0.25) is 9.59 Å². The van der Waals surface area contributed by atoms with E-state index in [0.717, 1.165) is 44.5 Å². The Bertz CT molecular complexity index is 683. The molecule has 1 aromatic rings. The second-order valence-electron chi connectivity index (χ2n) is 8.18. The number of carbonyl (C=O) groups is 2. The minimum absolute atomic E-state index is 0.0743. The number of benzene rings is 1. The Morgan fingerprint density at radius 2 is 1.70 bits per heavy atom. The van der Waals surface area contributed by atoms with Gasteiger partial charge < -0.3 is 24.0 Å². The van der Waals surface area contributed by atoms with Gasteiger partial charge in [-0.15, -0.1) is 0 Å². The molecule has 2 heterocycles. The van der Waals surface area contributed by atoms with Crippen LogP contribution in [0, 0.1) is 5.92 Å². The first-order valence-electron chi connectivity index (χ1n) is 10.9. The molecule has 2 aliphatic heterocycles. The van der Waals surface area contributed by atoms with Gasteiger partial charge in [0, 0.05) is 58.8 Å². The molecule has 0 N–H and O–H groups in total. The minimum Gasteiger partial charge on any atom is -0.490 e. The Kier molecular flexibility index (Phi) is 8.51. The average molecular weight is 419 g/mol. The van der Waals surface area contributed by atoms with E-state index in [1.165, 1.54) is 0 Å². The van der Waals surface area contributed by atoms with Crippen LogP contribution in [0.2, 0.25) is 0 Å². The second-order valence-corrected chi connectivity index (χ2v) is 8.18. The molecule has 0 saturated carbocycles.